The number of amides is 1. The van der Waals surface area contributed by atoms with Gasteiger partial charge in [0, 0.05) is 22.0 Å². The molecule has 0 spiro atoms. The Labute approximate surface area is 176 Å². The SMILES string of the molecule is COc1cccc2cc(C(=O)N3CCO[C@H](c4cc(Cl)cc(Cl)c4)C3)c(=O)oc12. The van der Waals surface area contributed by atoms with Crippen molar-refractivity contribution in [3.05, 3.63) is 74.1 Å². The van der Waals surface area contributed by atoms with Gasteiger partial charge in [0.1, 0.15) is 11.7 Å². The lowest BCUT2D eigenvalue weighted by Crippen LogP contribution is -2.43. The van der Waals surface area contributed by atoms with Gasteiger partial charge < -0.3 is 18.8 Å². The van der Waals surface area contributed by atoms with Gasteiger partial charge in [-0.25, -0.2) is 4.79 Å². The number of para-hydroxylation sites is 1. The third kappa shape index (κ3) is 3.96. The maximum absolute atomic E-state index is 13.1. The van der Waals surface area contributed by atoms with Gasteiger partial charge in [0.2, 0.25) is 0 Å². The molecule has 3 aromatic rings. The highest BCUT2D eigenvalue weighted by Gasteiger charge is 2.28. The number of benzene rings is 2. The van der Waals surface area contributed by atoms with E-state index in [1.54, 1.807) is 41.3 Å². The molecule has 6 nitrogen and oxygen atoms in total. The molecule has 29 heavy (non-hydrogen) atoms. The first-order valence-electron chi connectivity index (χ1n) is 8.94. The van der Waals surface area contributed by atoms with Crippen LogP contribution in [0, 0.1) is 0 Å². The summed E-state index contributed by atoms with van der Waals surface area (Å²) in [5.74, 6) is 0.0211. The van der Waals surface area contributed by atoms with E-state index in [0.29, 0.717) is 39.9 Å². The zero-order chi connectivity index (χ0) is 20.5. The number of nitrogens with zero attached hydrogens (tertiary/aromatic N) is 1. The Balaban J connectivity index is 1.64. The van der Waals surface area contributed by atoms with Crippen molar-refractivity contribution in [2.75, 3.05) is 26.8 Å². The van der Waals surface area contributed by atoms with E-state index in [9.17, 15) is 9.59 Å². The van der Waals surface area contributed by atoms with Crippen molar-refractivity contribution >= 4 is 40.1 Å². The van der Waals surface area contributed by atoms with E-state index in [1.165, 1.54) is 13.2 Å². The molecule has 1 aromatic heterocycles. The van der Waals surface area contributed by atoms with Gasteiger partial charge in [-0.2, -0.15) is 0 Å². The summed E-state index contributed by atoms with van der Waals surface area (Å²) in [4.78, 5) is 27.1. The van der Waals surface area contributed by atoms with E-state index in [1.807, 2.05) is 0 Å². The van der Waals surface area contributed by atoms with E-state index in [4.69, 9.17) is 37.1 Å². The summed E-state index contributed by atoms with van der Waals surface area (Å²) in [5, 5.41) is 1.59. The Morgan fingerprint density at radius 3 is 2.66 bits per heavy atom. The van der Waals surface area contributed by atoms with Crippen molar-refractivity contribution in [2.45, 2.75) is 6.10 Å². The Bertz CT molecular complexity index is 1120. The van der Waals surface area contributed by atoms with Crippen molar-refractivity contribution in [1.29, 1.82) is 0 Å². The number of carbonyl (C=O) groups excluding carboxylic acids is 1. The maximum Gasteiger partial charge on any atom is 0.349 e. The molecule has 1 aliphatic heterocycles. The van der Waals surface area contributed by atoms with Gasteiger partial charge >= 0.3 is 5.63 Å². The molecule has 0 N–H and O–H groups in total. The smallest absolute Gasteiger partial charge is 0.349 e. The number of rotatable bonds is 3. The number of hydrogen-bond donors (Lipinski definition) is 0. The van der Waals surface area contributed by atoms with Gasteiger partial charge in [0.25, 0.3) is 5.91 Å². The predicted octanol–water partition coefficient (Wildman–Crippen LogP) is 4.32. The van der Waals surface area contributed by atoms with Crippen molar-refractivity contribution in [3.8, 4) is 5.75 Å². The molecule has 0 radical (unpaired) electrons. The molecule has 1 atom stereocenters. The highest BCUT2D eigenvalue weighted by molar-refractivity contribution is 6.34. The van der Waals surface area contributed by atoms with E-state index in [2.05, 4.69) is 0 Å². The number of ether oxygens (including phenoxy) is 2. The molecule has 150 valence electrons. The fourth-order valence-electron chi connectivity index (χ4n) is 3.39. The van der Waals surface area contributed by atoms with Gasteiger partial charge in [0.05, 0.1) is 20.3 Å². The Kier molecular flexibility index (Phi) is 5.50. The third-order valence-corrected chi connectivity index (χ3v) is 5.22. The second-order valence-electron chi connectivity index (χ2n) is 6.64. The molecule has 2 heterocycles. The van der Waals surface area contributed by atoms with Crippen molar-refractivity contribution in [3.63, 3.8) is 0 Å². The van der Waals surface area contributed by atoms with E-state index in [0.717, 1.165) is 5.56 Å². The van der Waals surface area contributed by atoms with Gasteiger partial charge in [-0.05, 0) is 35.9 Å². The first-order valence-corrected chi connectivity index (χ1v) is 9.69. The number of carbonyl (C=O) groups is 1. The zero-order valence-electron chi connectivity index (χ0n) is 15.5. The molecule has 1 aliphatic rings. The number of fused-ring (bicyclic) bond motifs is 1. The van der Waals surface area contributed by atoms with Crippen molar-refractivity contribution < 1.29 is 18.7 Å². The van der Waals surface area contributed by atoms with Crippen LogP contribution in [0.1, 0.15) is 22.0 Å². The molecule has 0 bridgehead atoms. The lowest BCUT2D eigenvalue weighted by Gasteiger charge is -2.33. The molecule has 2 aromatic carbocycles. The van der Waals surface area contributed by atoms with Crippen LogP contribution in [0.25, 0.3) is 11.0 Å². The topological polar surface area (TPSA) is 69.0 Å². The van der Waals surface area contributed by atoms with Crippen LogP contribution in [0.15, 0.2) is 51.7 Å². The summed E-state index contributed by atoms with van der Waals surface area (Å²) in [5.41, 5.74) is 0.344. The van der Waals surface area contributed by atoms with Crippen LogP contribution in [0.2, 0.25) is 10.0 Å². The highest BCUT2D eigenvalue weighted by atomic mass is 35.5. The third-order valence-electron chi connectivity index (χ3n) is 4.78. The van der Waals surface area contributed by atoms with Gasteiger partial charge in [0.15, 0.2) is 11.3 Å². The molecule has 0 unspecified atom stereocenters. The normalized spacial score (nSPS) is 16.8. The van der Waals surface area contributed by atoms with Gasteiger partial charge in [-0.1, -0.05) is 35.3 Å². The second kappa shape index (κ2) is 8.06. The van der Waals surface area contributed by atoms with Crippen LogP contribution in [-0.4, -0.2) is 37.6 Å². The summed E-state index contributed by atoms with van der Waals surface area (Å²) in [6, 6.07) is 11.9. The summed E-state index contributed by atoms with van der Waals surface area (Å²) in [6.07, 6.45) is -0.392. The van der Waals surface area contributed by atoms with Crippen LogP contribution in [0.4, 0.5) is 0 Å². The maximum atomic E-state index is 13.1. The second-order valence-corrected chi connectivity index (χ2v) is 7.51. The minimum Gasteiger partial charge on any atom is -0.493 e. The largest absolute Gasteiger partial charge is 0.493 e. The Morgan fingerprint density at radius 1 is 1.17 bits per heavy atom. The van der Waals surface area contributed by atoms with E-state index >= 15 is 0 Å². The molecule has 1 saturated heterocycles. The summed E-state index contributed by atoms with van der Waals surface area (Å²) >= 11 is 12.2. The minimum absolute atomic E-state index is 0.0319. The minimum atomic E-state index is -0.708. The summed E-state index contributed by atoms with van der Waals surface area (Å²) in [6.45, 7) is 0.956. The lowest BCUT2D eigenvalue weighted by atomic mass is 10.1. The quantitative estimate of drug-likeness (QED) is 0.575. The number of methoxy groups -OCH3 is 1. The standard InChI is InChI=1S/C21H17Cl2NO5/c1-27-17-4-2-3-12-9-16(21(26)29-19(12)17)20(25)24-5-6-28-18(11-24)13-7-14(22)10-15(23)8-13/h2-4,7-10,18H,5-6,11H2,1H3/t18-/m0/s1. The monoisotopic (exact) mass is 433 g/mol. The zero-order valence-corrected chi connectivity index (χ0v) is 17.0. The lowest BCUT2D eigenvalue weighted by molar-refractivity contribution is -0.0229. The first kappa shape index (κ1) is 19.8. The average molecular weight is 434 g/mol. The molecule has 8 heteroatoms. The fourth-order valence-corrected chi connectivity index (χ4v) is 3.94. The average Bonchev–Trinajstić information content (AvgIpc) is 2.71. The van der Waals surface area contributed by atoms with Gasteiger partial charge in [-0.15, -0.1) is 0 Å². The van der Waals surface area contributed by atoms with Crippen molar-refractivity contribution in [1.82, 2.24) is 4.90 Å². The van der Waals surface area contributed by atoms with Crippen LogP contribution in [-0.2, 0) is 4.74 Å². The van der Waals surface area contributed by atoms with Crippen LogP contribution >= 0.6 is 23.2 Å². The van der Waals surface area contributed by atoms with Crippen LogP contribution < -0.4 is 10.4 Å². The first-order chi connectivity index (χ1) is 14.0. The van der Waals surface area contributed by atoms with Crippen LogP contribution in [0.3, 0.4) is 0 Å². The molecule has 1 fully saturated rings. The molecule has 0 saturated carbocycles. The van der Waals surface area contributed by atoms with E-state index < -0.39 is 17.6 Å². The van der Waals surface area contributed by atoms with Crippen LogP contribution in [0.5, 0.6) is 5.75 Å². The van der Waals surface area contributed by atoms with Crippen molar-refractivity contribution in [2.24, 2.45) is 0 Å². The fraction of sp³-hybridized carbons (Fsp3) is 0.238. The van der Waals surface area contributed by atoms with Gasteiger partial charge in [-0.3, -0.25) is 4.79 Å². The van der Waals surface area contributed by atoms with E-state index in [-0.39, 0.29) is 12.1 Å². The number of halogens is 2. The Morgan fingerprint density at radius 2 is 1.93 bits per heavy atom. The summed E-state index contributed by atoms with van der Waals surface area (Å²) in [7, 11) is 1.49. The molecule has 4 rings (SSSR count). The number of morpholine rings is 1. The molecule has 1 amide bonds. The summed E-state index contributed by atoms with van der Waals surface area (Å²) < 4.78 is 16.4. The highest BCUT2D eigenvalue weighted by Crippen LogP contribution is 2.29. The number of hydrogen-bond acceptors (Lipinski definition) is 5. The molecule has 0 aliphatic carbocycles. The molecular weight excluding hydrogens is 417 g/mol. The molecular formula is C21H17Cl2NO5. The predicted molar refractivity (Wildman–Crippen MR) is 110 cm³/mol. The Hall–Kier alpha value is -2.54.